The summed E-state index contributed by atoms with van der Waals surface area (Å²) in [5, 5.41) is 12.6. The van der Waals surface area contributed by atoms with E-state index < -0.39 is 0 Å². The van der Waals surface area contributed by atoms with Gasteiger partial charge in [-0.25, -0.2) is 0 Å². The molecule has 1 aliphatic rings. The summed E-state index contributed by atoms with van der Waals surface area (Å²) in [5.74, 6) is -0.450. The van der Waals surface area contributed by atoms with Crippen LogP contribution >= 0.6 is 0 Å². The molecule has 0 radical (unpaired) electrons. The van der Waals surface area contributed by atoms with E-state index in [0.717, 1.165) is 12.8 Å². The molecule has 0 spiro atoms. The second-order valence-corrected chi connectivity index (χ2v) is 4.62. The Morgan fingerprint density at radius 2 is 2.33 bits per heavy atom. The molecule has 1 aliphatic heterocycles. The number of nitrogens with one attached hydrogen (secondary N) is 1. The Morgan fingerprint density at radius 1 is 1.56 bits per heavy atom. The summed E-state index contributed by atoms with van der Waals surface area (Å²) in [6, 6.07) is 4.85. The quantitative estimate of drug-likeness (QED) is 0.545. The minimum atomic E-state index is -0.293. The molecule has 1 amide bonds. The highest BCUT2D eigenvalue weighted by Crippen LogP contribution is 2.24. The van der Waals surface area contributed by atoms with Crippen molar-refractivity contribution in [3.8, 4) is 5.75 Å². The number of anilines is 1. The molecule has 2 unspecified atom stereocenters. The van der Waals surface area contributed by atoms with E-state index in [4.69, 9.17) is 10.5 Å². The topological polar surface area (TPSA) is 84.6 Å². The molecule has 0 aromatic heterocycles. The fourth-order valence-electron chi connectivity index (χ4n) is 2.14. The van der Waals surface area contributed by atoms with E-state index in [9.17, 15) is 9.90 Å². The maximum absolute atomic E-state index is 12.0. The van der Waals surface area contributed by atoms with E-state index in [-0.39, 0.29) is 35.1 Å². The van der Waals surface area contributed by atoms with Crippen LogP contribution in [-0.4, -0.2) is 29.8 Å². The first-order valence-corrected chi connectivity index (χ1v) is 6.08. The molecular weight excluding hydrogens is 232 g/mol. The van der Waals surface area contributed by atoms with Crippen LogP contribution in [0.2, 0.25) is 0 Å². The van der Waals surface area contributed by atoms with Crippen molar-refractivity contribution in [1.82, 2.24) is 5.32 Å². The Labute approximate surface area is 106 Å². The molecule has 0 bridgehead atoms. The largest absolute Gasteiger partial charge is 0.505 e. The van der Waals surface area contributed by atoms with Gasteiger partial charge in [0.05, 0.1) is 17.4 Å². The van der Waals surface area contributed by atoms with E-state index in [1.54, 1.807) is 18.2 Å². The Hall–Kier alpha value is -1.75. The molecule has 0 saturated carbocycles. The molecule has 2 rings (SSSR count). The molecule has 1 fully saturated rings. The zero-order chi connectivity index (χ0) is 13.1. The first-order valence-electron chi connectivity index (χ1n) is 6.08. The van der Waals surface area contributed by atoms with Gasteiger partial charge in [-0.15, -0.1) is 0 Å². The minimum absolute atomic E-state index is 0.0853. The third-order valence-electron chi connectivity index (χ3n) is 3.13. The summed E-state index contributed by atoms with van der Waals surface area (Å²) in [7, 11) is 0. The van der Waals surface area contributed by atoms with Crippen molar-refractivity contribution in [3.63, 3.8) is 0 Å². The fraction of sp³-hybridized carbons (Fsp3) is 0.462. The van der Waals surface area contributed by atoms with Crippen molar-refractivity contribution in [2.75, 3.05) is 12.3 Å². The molecule has 0 aliphatic carbocycles. The molecule has 1 saturated heterocycles. The van der Waals surface area contributed by atoms with Gasteiger partial charge in [0, 0.05) is 12.6 Å². The van der Waals surface area contributed by atoms with Crippen LogP contribution in [0.1, 0.15) is 30.1 Å². The van der Waals surface area contributed by atoms with Gasteiger partial charge < -0.3 is 20.9 Å². The average molecular weight is 250 g/mol. The van der Waals surface area contributed by atoms with Crippen molar-refractivity contribution < 1.29 is 14.6 Å². The predicted octanol–water partition coefficient (Wildman–Crippen LogP) is 1.27. The van der Waals surface area contributed by atoms with Gasteiger partial charge in [0.25, 0.3) is 5.91 Å². The Kier molecular flexibility index (Phi) is 3.72. The van der Waals surface area contributed by atoms with Crippen LogP contribution in [0.3, 0.4) is 0 Å². The van der Waals surface area contributed by atoms with Gasteiger partial charge >= 0.3 is 0 Å². The van der Waals surface area contributed by atoms with E-state index >= 15 is 0 Å². The lowest BCUT2D eigenvalue weighted by Crippen LogP contribution is -2.41. The number of ether oxygens (including phenoxy) is 1. The minimum Gasteiger partial charge on any atom is -0.505 e. The standard InChI is InChI=1S/C13H18N2O3/c1-8-7-9(5-6-18-8)15-13(17)10-3-2-4-11(14)12(10)16/h2-4,8-9,16H,5-7,14H2,1H3,(H,15,17). The lowest BCUT2D eigenvalue weighted by molar-refractivity contribution is 0.0136. The summed E-state index contributed by atoms with van der Waals surface area (Å²) in [6.45, 7) is 2.63. The number of benzene rings is 1. The van der Waals surface area contributed by atoms with E-state index in [2.05, 4.69) is 5.32 Å². The molecule has 1 aromatic rings. The number of aromatic hydroxyl groups is 1. The van der Waals surface area contributed by atoms with E-state index in [1.165, 1.54) is 0 Å². The number of phenolic OH excluding ortho intramolecular Hbond substituents is 1. The number of amides is 1. The number of rotatable bonds is 2. The third-order valence-corrected chi connectivity index (χ3v) is 3.13. The Balaban J connectivity index is 2.05. The summed E-state index contributed by atoms with van der Waals surface area (Å²) in [6.07, 6.45) is 1.73. The van der Waals surface area contributed by atoms with Crippen molar-refractivity contribution in [2.24, 2.45) is 0 Å². The lowest BCUT2D eigenvalue weighted by atomic mass is 10.0. The molecule has 4 N–H and O–H groups in total. The number of nitrogen functional groups attached to an aromatic ring is 1. The van der Waals surface area contributed by atoms with Crippen molar-refractivity contribution >= 4 is 11.6 Å². The summed E-state index contributed by atoms with van der Waals surface area (Å²) >= 11 is 0. The maximum Gasteiger partial charge on any atom is 0.255 e. The first-order chi connectivity index (χ1) is 8.58. The number of para-hydroxylation sites is 1. The second kappa shape index (κ2) is 5.27. The Morgan fingerprint density at radius 3 is 3.06 bits per heavy atom. The van der Waals surface area contributed by atoms with E-state index in [1.807, 2.05) is 6.92 Å². The van der Waals surface area contributed by atoms with Gasteiger partial charge in [-0.3, -0.25) is 4.79 Å². The summed E-state index contributed by atoms with van der Waals surface area (Å²) < 4.78 is 5.42. The van der Waals surface area contributed by atoms with Crippen LogP contribution in [0.15, 0.2) is 18.2 Å². The molecule has 5 heteroatoms. The Bertz CT molecular complexity index is 448. The van der Waals surface area contributed by atoms with Gasteiger partial charge in [-0.2, -0.15) is 0 Å². The number of phenols is 1. The number of carbonyl (C=O) groups is 1. The number of hydrogen-bond donors (Lipinski definition) is 3. The summed E-state index contributed by atoms with van der Waals surface area (Å²) in [4.78, 5) is 12.0. The zero-order valence-corrected chi connectivity index (χ0v) is 10.3. The van der Waals surface area contributed by atoms with Crippen LogP contribution in [0.5, 0.6) is 5.75 Å². The van der Waals surface area contributed by atoms with Gasteiger partial charge in [0.15, 0.2) is 5.75 Å². The summed E-state index contributed by atoms with van der Waals surface area (Å²) in [5.41, 5.74) is 5.99. The highest BCUT2D eigenvalue weighted by Gasteiger charge is 2.22. The predicted molar refractivity (Wildman–Crippen MR) is 68.4 cm³/mol. The van der Waals surface area contributed by atoms with Crippen LogP contribution < -0.4 is 11.1 Å². The maximum atomic E-state index is 12.0. The normalized spacial score (nSPS) is 23.6. The van der Waals surface area contributed by atoms with Gasteiger partial charge in [0.1, 0.15) is 0 Å². The number of hydrogen-bond acceptors (Lipinski definition) is 4. The molecule has 1 aromatic carbocycles. The molecule has 1 heterocycles. The molecule has 5 nitrogen and oxygen atoms in total. The average Bonchev–Trinajstić information content (AvgIpc) is 2.32. The van der Waals surface area contributed by atoms with Crippen LogP contribution in [0, 0.1) is 0 Å². The number of carbonyl (C=O) groups excluding carboxylic acids is 1. The zero-order valence-electron chi connectivity index (χ0n) is 10.3. The molecule has 2 atom stereocenters. The fourth-order valence-corrected chi connectivity index (χ4v) is 2.14. The lowest BCUT2D eigenvalue weighted by Gasteiger charge is -2.28. The second-order valence-electron chi connectivity index (χ2n) is 4.62. The third kappa shape index (κ3) is 2.73. The SMILES string of the molecule is CC1CC(NC(=O)c2cccc(N)c2O)CCO1. The first kappa shape index (κ1) is 12.7. The van der Waals surface area contributed by atoms with Crippen LogP contribution in [0.4, 0.5) is 5.69 Å². The van der Waals surface area contributed by atoms with Gasteiger partial charge in [-0.1, -0.05) is 6.07 Å². The highest BCUT2D eigenvalue weighted by atomic mass is 16.5. The van der Waals surface area contributed by atoms with Crippen molar-refractivity contribution in [2.45, 2.75) is 31.9 Å². The van der Waals surface area contributed by atoms with E-state index in [0.29, 0.717) is 6.61 Å². The molecule has 98 valence electrons. The highest BCUT2D eigenvalue weighted by molar-refractivity contribution is 5.98. The van der Waals surface area contributed by atoms with Gasteiger partial charge in [-0.05, 0) is 31.9 Å². The van der Waals surface area contributed by atoms with Crippen LogP contribution in [0.25, 0.3) is 0 Å². The smallest absolute Gasteiger partial charge is 0.255 e. The number of nitrogens with two attached hydrogens (primary N) is 1. The van der Waals surface area contributed by atoms with Crippen molar-refractivity contribution in [3.05, 3.63) is 23.8 Å². The monoisotopic (exact) mass is 250 g/mol. The van der Waals surface area contributed by atoms with Crippen molar-refractivity contribution in [1.29, 1.82) is 0 Å². The van der Waals surface area contributed by atoms with Crippen LogP contribution in [-0.2, 0) is 4.74 Å². The molecule has 18 heavy (non-hydrogen) atoms. The van der Waals surface area contributed by atoms with Gasteiger partial charge in [0.2, 0.25) is 0 Å². The molecular formula is C13H18N2O3.